The van der Waals surface area contributed by atoms with Crippen LogP contribution in [-0.4, -0.2) is 47.6 Å². The van der Waals surface area contributed by atoms with Gasteiger partial charge >= 0.3 is 6.09 Å². The third-order valence-corrected chi connectivity index (χ3v) is 3.55. The van der Waals surface area contributed by atoms with E-state index in [0.29, 0.717) is 38.2 Å². The number of carbonyl (C=O) groups excluding carboxylic acids is 1. The summed E-state index contributed by atoms with van der Waals surface area (Å²) in [7, 11) is 0. The summed E-state index contributed by atoms with van der Waals surface area (Å²) < 4.78 is 11.1. The van der Waals surface area contributed by atoms with Crippen LogP contribution in [0.1, 0.15) is 33.6 Å². The molecule has 2 aliphatic heterocycles. The van der Waals surface area contributed by atoms with E-state index < -0.39 is 11.2 Å². The van der Waals surface area contributed by atoms with Crippen LogP contribution in [0.4, 0.5) is 4.79 Å². The first-order valence-electron chi connectivity index (χ1n) is 6.63. The minimum Gasteiger partial charge on any atom is -0.444 e. The van der Waals surface area contributed by atoms with Gasteiger partial charge in [0.25, 0.3) is 0 Å². The molecule has 0 unspecified atom stereocenters. The molecule has 0 atom stereocenters. The molecule has 5 nitrogen and oxygen atoms in total. The van der Waals surface area contributed by atoms with Gasteiger partial charge in [0, 0.05) is 13.1 Å². The summed E-state index contributed by atoms with van der Waals surface area (Å²) in [5, 5.41) is 8.06. The molecule has 2 rings (SSSR count). The number of hydrogen-bond donors (Lipinski definition) is 1. The summed E-state index contributed by atoms with van der Waals surface area (Å²) in [4.78, 5) is 13.6. The second-order valence-electron chi connectivity index (χ2n) is 6.23. The molecule has 5 heteroatoms. The van der Waals surface area contributed by atoms with Gasteiger partial charge in [-0.05, 0) is 39.2 Å². The zero-order chi connectivity index (χ0) is 14.3. The van der Waals surface area contributed by atoms with Gasteiger partial charge in [0.05, 0.1) is 12.3 Å². The molecule has 0 aliphatic carbocycles. The van der Waals surface area contributed by atoms with Crippen LogP contribution in [0.3, 0.4) is 0 Å². The largest absolute Gasteiger partial charge is 0.444 e. The van der Waals surface area contributed by atoms with Crippen molar-refractivity contribution in [3.63, 3.8) is 0 Å². The Morgan fingerprint density at radius 2 is 2.00 bits per heavy atom. The highest BCUT2D eigenvalue weighted by Crippen LogP contribution is 2.35. The Kier molecular flexibility index (Phi) is 3.43. The monoisotopic (exact) mass is 266 g/mol. The normalized spacial score (nSPS) is 23.0. The van der Waals surface area contributed by atoms with Gasteiger partial charge in [-0.15, -0.1) is 0 Å². The van der Waals surface area contributed by atoms with Crippen molar-refractivity contribution in [2.45, 2.75) is 44.8 Å². The quantitative estimate of drug-likeness (QED) is 0.732. The molecule has 1 N–H and O–H groups in total. The van der Waals surface area contributed by atoms with E-state index in [1.54, 1.807) is 4.90 Å². The molecule has 1 spiro atoms. The molecular weight excluding hydrogens is 244 g/mol. The van der Waals surface area contributed by atoms with E-state index >= 15 is 0 Å². The van der Waals surface area contributed by atoms with Crippen molar-refractivity contribution in [3.8, 4) is 0 Å². The van der Waals surface area contributed by atoms with Gasteiger partial charge in [0.2, 0.25) is 0 Å². The lowest BCUT2D eigenvalue weighted by Gasteiger charge is -2.38. The Morgan fingerprint density at radius 3 is 2.42 bits per heavy atom. The third kappa shape index (κ3) is 2.81. The van der Waals surface area contributed by atoms with Crippen molar-refractivity contribution in [3.05, 3.63) is 12.2 Å². The summed E-state index contributed by atoms with van der Waals surface area (Å²) in [6, 6.07) is 0. The van der Waals surface area contributed by atoms with E-state index in [-0.39, 0.29) is 6.09 Å². The number of likely N-dealkylation sites (tertiary alicyclic amines) is 1. The number of hydrogen-bond acceptors (Lipinski definition) is 4. The van der Waals surface area contributed by atoms with Crippen LogP contribution in [0.2, 0.25) is 0 Å². The molecule has 106 valence electrons. The standard InChI is InChI=1S/C14H22N2O3/c1-10-9-18-14(11(10)15)5-7-16(8-6-14)12(17)19-13(2,3)4/h15H,1,5-9H2,2-4H3. The van der Waals surface area contributed by atoms with Gasteiger partial charge in [-0.1, -0.05) is 6.58 Å². The van der Waals surface area contributed by atoms with Crippen molar-refractivity contribution in [1.82, 2.24) is 4.90 Å². The van der Waals surface area contributed by atoms with Crippen LogP contribution < -0.4 is 0 Å². The molecule has 0 aromatic heterocycles. The maximum Gasteiger partial charge on any atom is 0.410 e. The van der Waals surface area contributed by atoms with Crippen molar-refractivity contribution < 1.29 is 14.3 Å². The minimum absolute atomic E-state index is 0.286. The van der Waals surface area contributed by atoms with Gasteiger partial charge in [-0.25, -0.2) is 4.79 Å². The van der Waals surface area contributed by atoms with E-state index in [9.17, 15) is 4.79 Å². The van der Waals surface area contributed by atoms with Gasteiger partial charge in [0.15, 0.2) is 0 Å². The second-order valence-corrected chi connectivity index (χ2v) is 6.23. The number of amides is 1. The molecule has 0 bridgehead atoms. The van der Waals surface area contributed by atoms with Crippen LogP contribution in [0, 0.1) is 5.41 Å². The molecule has 0 aromatic rings. The number of nitrogens with zero attached hydrogens (tertiary/aromatic N) is 1. The smallest absolute Gasteiger partial charge is 0.410 e. The molecule has 2 heterocycles. The molecule has 1 amide bonds. The summed E-state index contributed by atoms with van der Waals surface area (Å²) in [5.41, 5.74) is 0.259. The molecule has 0 saturated carbocycles. The fourth-order valence-electron chi connectivity index (χ4n) is 2.46. The fraction of sp³-hybridized carbons (Fsp3) is 0.714. The van der Waals surface area contributed by atoms with Crippen LogP contribution in [0.15, 0.2) is 12.2 Å². The van der Waals surface area contributed by atoms with Gasteiger partial charge in [0.1, 0.15) is 11.2 Å². The highest BCUT2D eigenvalue weighted by Gasteiger charge is 2.45. The van der Waals surface area contributed by atoms with E-state index in [1.807, 2.05) is 20.8 Å². The number of ether oxygens (including phenoxy) is 2. The van der Waals surface area contributed by atoms with Crippen LogP contribution in [0.5, 0.6) is 0 Å². The Hall–Kier alpha value is -1.36. The van der Waals surface area contributed by atoms with Gasteiger partial charge in [-0.2, -0.15) is 0 Å². The Bertz CT molecular complexity index is 415. The van der Waals surface area contributed by atoms with Crippen LogP contribution in [-0.2, 0) is 9.47 Å². The Labute approximate surface area is 114 Å². The molecule has 2 aliphatic rings. The average Bonchev–Trinajstić information content (AvgIpc) is 2.57. The lowest BCUT2D eigenvalue weighted by molar-refractivity contribution is -0.0217. The molecule has 19 heavy (non-hydrogen) atoms. The number of carbonyl (C=O) groups is 1. The fourth-order valence-corrected chi connectivity index (χ4v) is 2.46. The number of rotatable bonds is 0. The summed E-state index contributed by atoms with van der Waals surface area (Å²) >= 11 is 0. The topological polar surface area (TPSA) is 62.6 Å². The maximum absolute atomic E-state index is 12.0. The lowest BCUT2D eigenvalue weighted by atomic mass is 9.86. The van der Waals surface area contributed by atoms with Crippen LogP contribution >= 0.6 is 0 Å². The maximum atomic E-state index is 12.0. The first-order chi connectivity index (χ1) is 8.73. The van der Waals surface area contributed by atoms with Crippen LogP contribution in [0.25, 0.3) is 0 Å². The minimum atomic E-state index is -0.518. The highest BCUT2D eigenvalue weighted by molar-refractivity contribution is 6.05. The zero-order valence-corrected chi connectivity index (χ0v) is 11.9. The zero-order valence-electron chi connectivity index (χ0n) is 11.9. The third-order valence-electron chi connectivity index (χ3n) is 3.55. The molecular formula is C14H22N2O3. The van der Waals surface area contributed by atoms with Crippen molar-refractivity contribution in [1.29, 1.82) is 5.41 Å². The van der Waals surface area contributed by atoms with E-state index in [2.05, 4.69) is 6.58 Å². The average molecular weight is 266 g/mol. The molecule has 0 radical (unpaired) electrons. The van der Waals surface area contributed by atoms with Crippen molar-refractivity contribution in [2.24, 2.45) is 0 Å². The van der Waals surface area contributed by atoms with Gasteiger partial charge < -0.3 is 19.8 Å². The Balaban J connectivity index is 1.95. The predicted octanol–water partition coefficient (Wildman–Crippen LogP) is 2.36. The predicted molar refractivity (Wildman–Crippen MR) is 72.6 cm³/mol. The number of piperidine rings is 1. The highest BCUT2D eigenvalue weighted by atomic mass is 16.6. The number of nitrogens with one attached hydrogen (secondary N) is 1. The van der Waals surface area contributed by atoms with Gasteiger partial charge in [-0.3, -0.25) is 0 Å². The summed E-state index contributed by atoms with van der Waals surface area (Å²) in [6.07, 6.45) is 1.000. The first-order valence-corrected chi connectivity index (χ1v) is 6.63. The van der Waals surface area contributed by atoms with Crippen molar-refractivity contribution in [2.75, 3.05) is 19.7 Å². The van der Waals surface area contributed by atoms with E-state index in [1.165, 1.54) is 0 Å². The SMILES string of the molecule is C=C1COC2(CCN(C(=O)OC(C)(C)C)CC2)C1=N. The second kappa shape index (κ2) is 4.63. The van der Waals surface area contributed by atoms with Crippen molar-refractivity contribution >= 4 is 11.8 Å². The summed E-state index contributed by atoms with van der Waals surface area (Å²) in [5.74, 6) is 0. The lowest BCUT2D eigenvalue weighted by Crippen LogP contribution is -2.50. The molecule has 2 fully saturated rings. The van der Waals surface area contributed by atoms with E-state index in [0.717, 1.165) is 5.57 Å². The van der Waals surface area contributed by atoms with E-state index in [4.69, 9.17) is 14.9 Å². The molecule has 2 saturated heterocycles. The molecule has 0 aromatic carbocycles. The summed E-state index contributed by atoms with van der Waals surface area (Å²) in [6.45, 7) is 11.0. The first kappa shape index (κ1) is 14.1. The Morgan fingerprint density at radius 1 is 1.42 bits per heavy atom.